The van der Waals surface area contributed by atoms with E-state index in [9.17, 15) is 0 Å². The summed E-state index contributed by atoms with van der Waals surface area (Å²) in [5, 5.41) is 4.03. The molecule has 0 aliphatic carbocycles. The number of thiophene rings is 2. The zero-order valence-electron chi connectivity index (χ0n) is 45.3. The first-order valence-corrected chi connectivity index (χ1v) is 33.0. The Hall–Kier alpha value is -0.600. The molecular formula is C56H88Br4N2O8S3. The highest BCUT2D eigenvalue weighted by molar-refractivity contribution is 9.12. The molecule has 73 heavy (non-hydrogen) atoms. The Kier molecular flexibility index (Phi) is 32.5. The Bertz CT molecular complexity index is 1940. The van der Waals surface area contributed by atoms with Gasteiger partial charge in [-0.05, 0) is 125 Å². The van der Waals surface area contributed by atoms with Crippen molar-refractivity contribution >= 4 is 109 Å². The predicted molar refractivity (Wildman–Crippen MR) is 320 cm³/mol. The summed E-state index contributed by atoms with van der Waals surface area (Å²) < 4.78 is 62.1. The van der Waals surface area contributed by atoms with Gasteiger partial charge < -0.3 is 37.9 Å². The maximum atomic E-state index is 6.31. The van der Waals surface area contributed by atoms with Crippen LogP contribution in [-0.2, 0) is 18.9 Å². The maximum absolute atomic E-state index is 6.31. The summed E-state index contributed by atoms with van der Waals surface area (Å²) in [5.41, 5.74) is 1.26. The third-order valence-corrected chi connectivity index (χ3v) is 18.9. The molecule has 5 heterocycles. The maximum Gasteiger partial charge on any atom is 0.187 e. The van der Waals surface area contributed by atoms with E-state index in [1.165, 1.54) is 102 Å². The molecule has 0 N–H and O–H groups in total. The number of hydrogen-bond acceptors (Lipinski definition) is 13. The summed E-state index contributed by atoms with van der Waals surface area (Å²) in [7, 11) is 0. The van der Waals surface area contributed by atoms with Crippen molar-refractivity contribution in [2.24, 2.45) is 34.5 Å². The monoisotopic (exact) mass is 1330 g/mol. The fourth-order valence-electron chi connectivity index (χ4n) is 8.66. The van der Waals surface area contributed by atoms with Crippen LogP contribution in [-0.4, -0.2) is 88.0 Å². The summed E-state index contributed by atoms with van der Waals surface area (Å²) in [6.07, 6.45) is 19.6. The van der Waals surface area contributed by atoms with E-state index >= 15 is 0 Å². The van der Waals surface area contributed by atoms with Crippen molar-refractivity contribution in [1.29, 1.82) is 0 Å². The lowest BCUT2D eigenvalue weighted by Crippen LogP contribution is -2.43. The number of aromatic nitrogens is 2. The molecule has 0 bridgehead atoms. The molecule has 2 aliphatic heterocycles. The van der Waals surface area contributed by atoms with E-state index in [2.05, 4.69) is 128 Å². The molecule has 0 amide bonds. The summed E-state index contributed by atoms with van der Waals surface area (Å²) in [5.74, 6) is 5.77. The minimum absolute atomic E-state index is 0.261. The molecule has 0 radical (unpaired) electrons. The molecule has 17 heteroatoms. The number of halogens is 4. The molecule has 0 fully saturated rings. The van der Waals surface area contributed by atoms with Gasteiger partial charge in [-0.2, -0.15) is 8.75 Å². The van der Waals surface area contributed by atoms with Crippen LogP contribution in [0.25, 0.3) is 11.0 Å². The van der Waals surface area contributed by atoms with Crippen LogP contribution < -0.4 is 18.9 Å². The van der Waals surface area contributed by atoms with Gasteiger partial charge in [0.1, 0.15) is 45.0 Å². The molecule has 0 saturated carbocycles. The van der Waals surface area contributed by atoms with Gasteiger partial charge in [0.2, 0.25) is 0 Å². The van der Waals surface area contributed by atoms with E-state index in [4.69, 9.17) is 37.9 Å². The van der Waals surface area contributed by atoms with E-state index in [0.717, 1.165) is 89.8 Å². The average molecular weight is 1330 g/mol. The summed E-state index contributed by atoms with van der Waals surface area (Å²) >= 11 is 18.4. The van der Waals surface area contributed by atoms with Crippen LogP contribution >= 0.6 is 98.1 Å². The zero-order chi connectivity index (χ0) is 52.9. The molecule has 6 rings (SSSR count). The average Bonchev–Trinajstić information content (AvgIpc) is 4.09. The highest BCUT2D eigenvalue weighted by atomic mass is 79.9. The van der Waals surface area contributed by atoms with Crippen LogP contribution in [0.1, 0.15) is 158 Å². The Morgan fingerprint density at radius 3 is 1.11 bits per heavy atom. The summed E-state index contributed by atoms with van der Waals surface area (Å²) in [6.45, 7) is 25.9. The van der Waals surface area contributed by atoms with Crippen molar-refractivity contribution in [2.75, 3.05) is 79.3 Å². The topological polar surface area (TPSA) is 99.6 Å². The standard InChI is InChI=1S/C25H42Br2O4S.C25H44O4S.C6H2Br2N2S/c1-5-9-11-19(7-3)13-28-15-25(16-29-14-20(8-4)12-10-6-2)17-30-21-22(31-18-25)24(27)32-23(21)26;1-5-9-11-21(7-3)13-26-17-25(18-27-14-22(8-4)12-10-6-2)19-28-23-15-30-16-24(23)29-20-25;7-3-1-2-4(8)6-5(3)9-11-10-6/h19-20H,5-18H2,1-4H3;15-16,21-22H,5-14,17-20H2,1-4H3;1-2H. The normalized spacial score (nSPS) is 16.3. The molecular weight excluding hydrogens is 1240 g/mol. The van der Waals surface area contributed by atoms with Crippen LogP contribution in [0, 0.1) is 34.5 Å². The number of fused-ring (bicyclic) bond motifs is 3. The van der Waals surface area contributed by atoms with Crippen molar-refractivity contribution in [3.8, 4) is 23.0 Å². The third-order valence-electron chi connectivity index (χ3n) is 14.0. The van der Waals surface area contributed by atoms with Gasteiger partial charge in [-0.25, -0.2) is 0 Å². The van der Waals surface area contributed by atoms with E-state index < -0.39 is 0 Å². The first kappa shape index (κ1) is 64.9. The van der Waals surface area contributed by atoms with Gasteiger partial charge in [0, 0.05) is 46.1 Å². The molecule has 4 atom stereocenters. The van der Waals surface area contributed by atoms with Crippen LogP contribution in [0.2, 0.25) is 0 Å². The second-order valence-corrected chi connectivity index (χ2v) is 26.9. The number of nitrogens with zero attached hydrogens (tertiary/aromatic N) is 2. The third kappa shape index (κ3) is 22.2. The molecule has 1 aromatic carbocycles. The number of rotatable bonds is 32. The van der Waals surface area contributed by atoms with E-state index in [1.54, 1.807) is 22.7 Å². The number of ether oxygens (including phenoxy) is 8. The molecule has 2 aliphatic rings. The van der Waals surface area contributed by atoms with Gasteiger partial charge >= 0.3 is 0 Å². The molecule has 10 nitrogen and oxygen atoms in total. The van der Waals surface area contributed by atoms with Gasteiger partial charge in [0.15, 0.2) is 23.0 Å². The van der Waals surface area contributed by atoms with Crippen molar-refractivity contribution in [3.05, 3.63) is 39.4 Å². The van der Waals surface area contributed by atoms with Gasteiger partial charge in [-0.1, -0.05) is 132 Å². The van der Waals surface area contributed by atoms with Crippen molar-refractivity contribution in [1.82, 2.24) is 8.75 Å². The fourth-order valence-corrected chi connectivity index (χ4v) is 13.8. The second-order valence-electron chi connectivity index (χ2n) is 20.3. The zero-order valence-corrected chi connectivity index (χ0v) is 54.1. The Balaban J connectivity index is 0.000000261. The molecule has 3 aromatic heterocycles. The van der Waals surface area contributed by atoms with Crippen LogP contribution in [0.15, 0.2) is 39.4 Å². The summed E-state index contributed by atoms with van der Waals surface area (Å²) in [6, 6.07) is 3.90. The Morgan fingerprint density at radius 1 is 0.493 bits per heavy atom. The molecule has 0 spiro atoms. The Morgan fingerprint density at radius 2 is 0.808 bits per heavy atom. The largest absolute Gasteiger partial charge is 0.488 e. The van der Waals surface area contributed by atoms with Crippen LogP contribution in [0.3, 0.4) is 0 Å². The van der Waals surface area contributed by atoms with Crippen LogP contribution in [0.5, 0.6) is 23.0 Å². The van der Waals surface area contributed by atoms with Gasteiger partial charge in [-0.3, -0.25) is 0 Å². The molecule has 4 unspecified atom stereocenters. The lowest BCUT2D eigenvalue weighted by atomic mass is 9.91. The van der Waals surface area contributed by atoms with Crippen LogP contribution in [0.4, 0.5) is 0 Å². The SMILES string of the molecule is Brc1ccc(Br)c2nsnc12.CCCCC(CC)COCC1(COCC(CC)CCCC)COc2c(Br)sc(Br)c2OC1.CCCCC(CC)COCC1(COCC(CC)CCCC)COc2cscc2OC1. The fraction of sp³-hybridized carbons (Fsp3) is 0.750. The first-order chi connectivity index (χ1) is 35.4. The number of hydrogen-bond donors (Lipinski definition) is 0. The first-order valence-electron chi connectivity index (χ1n) is 27.4. The second kappa shape index (κ2) is 36.5. The lowest BCUT2D eigenvalue weighted by Gasteiger charge is -2.32. The number of benzene rings is 1. The van der Waals surface area contributed by atoms with Crippen molar-refractivity contribution in [2.45, 2.75) is 158 Å². The molecule has 416 valence electrons. The van der Waals surface area contributed by atoms with Crippen molar-refractivity contribution < 1.29 is 37.9 Å². The predicted octanol–water partition coefficient (Wildman–Crippen LogP) is 18.7. The Labute approximate surface area is 486 Å². The van der Waals surface area contributed by atoms with Gasteiger partial charge in [-0.15, -0.1) is 22.7 Å². The van der Waals surface area contributed by atoms with Gasteiger partial charge in [0.05, 0.1) is 49.0 Å². The minimum Gasteiger partial charge on any atom is -0.488 e. The highest BCUT2D eigenvalue weighted by Gasteiger charge is 2.39. The summed E-state index contributed by atoms with van der Waals surface area (Å²) in [4.78, 5) is 0. The molecule has 0 saturated heterocycles. The van der Waals surface area contributed by atoms with E-state index in [0.29, 0.717) is 76.5 Å². The van der Waals surface area contributed by atoms with E-state index in [1.807, 2.05) is 22.9 Å². The smallest absolute Gasteiger partial charge is 0.187 e. The highest BCUT2D eigenvalue weighted by Crippen LogP contribution is 2.51. The van der Waals surface area contributed by atoms with Gasteiger partial charge in [0.25, 0.3) is 0 Å². The van der Waals surface area contributed by atoms with Crippen molar-refractivity contribution in [3.63, 3.8) is 0 Å². The van der Waals surface area contributed by atoms with E-state index in [-0.39, 0.29) is 10.8 Å². The minimum atomic E-state index is -0.318. The lowest BCUT2D eigenvalue weighted by molar-refractivity contribution is -0.0716. The quantitative estimate of drug-likeness (QED) is 0.0470. The number of unbranched alkanes of at least 4 members (excludes halogenated alkanes) is 4. The molecule has 4 aromatic rings.